The molecule has 0 radical (unpaired) electrons. The van der Waals surface area contributed by atoms with Crippen LogP contribution in [-0.2, 0) is 4.79 Å². The molecule has 0 aliphatic heterocycles. The van der Waals surface area contributed by atoms with Crippen molar-refractivity contribution in [2.75, 3.05) is 13.1 Å². The molecule has 4 nitrogen and oxygen atoms in total. The number of nitrogens with zero attached hydrogens (tertiary/aromatic N) is 1. The van der Waals surface area contributed by atoms with E-state index in [1.807, 2.05) is 13.8 Å². The molecule has 0 aliphatic rings. The summed E-state index contributed by atoms with van der Waals surface area (Å²) in [5.74, 6) is 0.307. The lowest BCUT2D eigenvalue weighted by atomic mass is 10.2. The monoisotopic (exact) mass is 155 g/mol. The summed E-state index contributed by atoms with van der Waals surface area (Å²) in [5.41, 5.74) is 0. The highest BCUT2D eigenvalue weighted by molar-refractivity contribution is 5.78. The Morgan fingerprint density at radius 1 is 1.64 bits per heavy atom. The van der Waals surface area contributed by atoms with Crippen LogP contribution in [0.5, 0.6) is 0 Å². The van der Waals surface area contributed by atoms with Crippen LogP contribution in [-0.4, -0.2) is 19.0 Å². The zero-order valence-corrected chi connectivity index (χ0v) is 6.85. The zero-order valence-electron chi connectivity index (χ0n) is 6.85. The van der Waals surface area contributed by atoms with Crippen LogP contribution in [0.1, 0.15) is 13.8 Å². The molecule has 0 aromatic carbocycles. The van der Waals surface area contributed by atoms with Gasteiger partial charge in [0.1, 0.15) is 6.54 Å². The van der Waals surface area contributed by atoms with E-state index in [2.05, 4.69) is 10.6 Å². The number of nitriles is 1. The van der Waals surface area contributed by atoms with Gasteiger partial charge >= 0.3 is 0 Å². The molecule has 0 heterocycles. The first-order chi connectivity index (χ1) is 5.16. The number of carbonyl (C=O) groups excluding carboxylic acids is 1. The summed E-state index contributed by atoms with van der Waals surface area (Å²) in [7, 11) is 0. The van der Waals surface area contributed by atoms with Crippen LogP contribution in [0.15, 0.2) is 0 Å². The molecular formula is C7H13N3O. The van der Waals surface area contributed by atoms with Gasteiger partial charge in [0.2, 0.25) is 5.91 Å². The molecule has 0 bridgehead atoms. The number of carbonyl (C=O) groups is 1. The van der Waals surface area contributed by atoms with Crippen molar-refractivity contribution in [2.24, 2.45) is 5.92 Å². The van der Waals surface area contributed by atoms with Crippen LogP contribution >= 0.6 is 0 Å². The Balaban J connectivity index is 3.32. The number of hydrogen-bond acceptors (Lipinski definition) is 3. The normalized spacial score (nSPS) is 8.91. The van der Waals surface area contributed by atoms with E-state index in [0.717, 1.165) is 0 Å². The first-order valence-electron chi connectivity index (χ1n) is 3.55. The summed E-state index contributed by atoms with van der Waals surface area (Å²) in [6.07, 6.45) is 1.68. The predicted octanol–water partition coefficient (Wildman–Crippen LogP) is -0.171. The highest BCUT2D eigenvalue weighted by atomic mass is 16.1. The third-order valence-electron chi connectivity index (χ3n) is 1.04. The maximum atomic E-state index is 10.8. The van der Waals surface area contributed by atoms with Crippen molar-refractivity contribution in [1.82, 2.24) is 10.6 Å². The lowest BCUT2D eigenvalue weighted by Gasteiger charge is -2.05. The molecule has 0 aromatic heterocycles. The smallest absolute Gasteiger partial charge is 0.240 e. The van der Waals surface area contributed by atoms with E-state index in [4.69, 9.17) is 5.26 Å². The number of amides is 1. The van der Waals surface area contributed by atoms with Crippen LogP contribution in [0.2, 0.25) is 0 Å². The summed E-state index contributed by atoms with van der Waals surface area (Å²) in [5, 5.41) is 13.0. The van der Waals surface area contributed by atoms with Gasteiger partial charge in [0.05, 0.1) is 0 Å². The minimum atomic E-state index is -0.139. The fourth-order valence-electron chi connectivity index (χ4n) is 0.500. The van der Waals surface area contributed by atoms with Gasteiger partial charge < -0.3 is 10.6 Å². The lowest BCUT2D eigenvalue weighted by Crippen LogP contribution is -2.34. The SMILES string of the molecule is CC(C)CNC(=O)CNC#N. The van der Waals surface area contributed by atoms with Crippen molar-refractivity contribution in [3.8, 4) is 6.19 Å². The Kier molecular flexibility index (Phi) is 4.91. The summed E-state index contributed by atoms with van der Waals surface area (Å²) in [6.45, 7) is 4.76. The molecule has 0 saturated heterocycles. The molecule has 4 heteroatoms. The van der Waals surface area contributed by atoms with Crippen LogP contribution in [0.25, 0.3) is 0 Å². The summed E-state index contributed by atoms with van der Waals surface area (Å²) in [6, 6.07) is 0. The second-order valence-electron chi connectivity index (χ2n) is 2.66. The van der Waals surface area contributed by atoms with Crippen molar-refractivity contribution in [2.45, 2.75) is 13.8 Å². The molecule has 0 atom stereocenters. The van der Waals surface area contributed by atoms with Gasteiger partial charge in [-0.25, -0.2) is 0 Å². The second kappa shape index (κ2) is 5.54. The summed E-state index contributed by atoms with van der Waals surface area (Å²) >= 11 is 0. The molecule has 0 spiro atoms. The quantitative estimate of drug-likeness (QED) is 0.437. The number of hydrogen-bond donors (Lipinski definition) is 2. The Morgan fingerprint density at radius 3 is 2.73 bits per heavy atom. The first-order valence-corrected chi connectivity index (χ1v) is 3.55. The summed E-state index contributed by atoms with van der Waals surface area (Å²) < 4.78 is 0. The highest BCUT2D eigenvalue weighted by Crippen LogP contribution is 1.85. The van der Waals surface area contributed by atoms with E-state index in [1.54, 1.807) is 6.19 Å². The van der Waals surface area contributed by atoms with Crippen molar-refractivity contribution >= 4 is 5.91 Å². The fourth-order valence-corrected chi connectivity index (χ4v) is 0.500. The van der Waals surface area contributed by atoms with E-state index in [1.165, 1.54) is 0 Å². The van der Waals surface area contributed by atoms with Crippen molar-refractivity contribution in [3.63, 3.8) is 0 Å². The summed E-state index contributed by atoms with van der Waals surface area (Å²) in [4.78, 5) is 10.8. The molecule has 0 aliphatic carbocycles. The third-order valence-corrected chi connectivity index (χ3v) is 1.04. The van der Waals surface area contributed by atoms with Crippen LogP contribution in [0.4, 0.5) is 0 Å². The molecular weight excluding hydrogens is 142 g/mol. The van der Waals surface area contributed by atoms with Crippen molar-refractivity contribution < 1.29 is 4.79 Å². The Morgan fingerprint density at radius 2 is 2.27 bits per heavy atom. The number of rotatable bonds is 4. The molecule has 62 valence electrons. The maximum absolute atomic E-state index is 10.8. The minimum Gasteiger partial charge on any atom is -0.354 e. The van der Waals surface area contributed by atoms with E-state index in [0.29, 0.717) is 12.5 Å². The van der Waals surface area contributed by atoms with E-state index < -0.39 is 0 Å². The van der Waals surface area contributed by atoms with Crippen molar-refractivity contribution in [3.05, 3.63) is 0 Å². The van der Waals surface area contributed by atoms with Gasteiger partial charge in [-0.3, -0.25) is 4.79 Å². The van der Waals surface area contributed by atoms with Gasteiger partial charge in [-0.2, -0.15) is 5.26 Å². The minimum absolute atomic E-state index is 0.0726. The van der Waals surface area contributed by atoms with Crippen LogP contribution in [0.3, 0.4) is 0 Å². The van der Waals surface area contributed by atoms with E-state index >= 15 is 0 Å². The molecule has 0 unspecified atom stereocenters. The standard InChI is InChI=1S/C7H13N3O/c1-6(2)3-10-7(11)4-9-5-8/h6,9H,3-4H2,1-2H3,(H,10,11). The maximum Gasteiger partial charge on any atom is 0.240 e. The molecule has 2 N–H and O–H groups in total. The van der Waals surface area contributed by atoms with Gasteiger partial charge in [-0.1, -0.05) is 13.8 Å². The van der Waals surface area contributed by atoms with Gasteiger partial charge in [-0.05, 0) is 5.92 Å². The molecule has 0 rings (SSSR count). The average molecular weight is 155 g/mol. The molecule has 1 amide bonds. The molecule has 0 aromatic rings. The highest BCUT2D eigenvalue weighted by Gasteiger charge is 1.99. The molecule has 0 fully saturated rings. The Hall–Kier alpha value is -1.24. The lowest BCUT2D eigenvalue weighted by molar-refractivity contribution is -0.120. The molecule has 11 heavy (non-hydrogen) atoms. The number of nitrogens with one attached hydrogen (secondary N) is 2. The topological polar surface area (TPSA) is 64.9 Å². The van der Waals surface area contributed by atoms with Gasteiger partial charge in [0.25, 0.3) is 0 Å². The second-order valence-corrected chi connectivity index (χ2v) is 2.66. The Labute approximate surface area is 66.6 Å². The Bertz CT molecular complexity index is 160. The van der Waals surface area contributed by atoms with Gasteiger partial charge in [-0.15, -0.1) is 0 Å². The average Bonchev–Trinajstić information content (AvgIpc) is 1.97. The van der Waals surface area contributed by atoms with Crippen LogP contribution < -0.4 is 10.6 Å². The fraction of sp³-hybridized carbons (Fsp3) is 0.714. The van der Waals surface area contributed by atoms with E-state index in [9.17, 15) is 4.79 Å². The third kappa shape index (κ3) is 6.65. The van der Waals surface area contributed by atoms with Gasteiger partial charge in [0.15, 0.2) is 6.19 Å². The van der Waals surface area contributed by atoms with Crippen LogP contribution in [0, 0.1) is 17.4 Å². The predicted molar refractivity (Wildman–Crippen MR) is 41.5 cm³/mol. The van der Waals surface area contributed by atoms with E-state index in [-0.39, 0.29) is 12.5 Å². The molecule has 0 saturated carbocycles. The van der Waals surface area contributed by atoms with Crippen molar-refractivity contribution in [1.29, 1.82) is 5.26 Å². The first kappa shape index (κ1) is 9.76. The largest absolute Gasteiger partial charge is 0.354 e. The zero-order chi connectivity index (χ0) is 8.69. The van der Waals surface area contributed by atoms with Gasteiger partial charge in [0, 0.05) is 6.54 Å².